The molecule has 43 valence electrons. The van der Waals surface area contributed by atoms with Crippen LogP contribution in [-0.4, -0.2) is 22.3 Å². The second-order valence-corrected chi connectivity index (χ2v) is 1.02. The van der Waals surface area contributed by atoms with Crippen molar-refractivity contribution in [2.75, 3.05) is 0 Å². The predicted molar refractivity (Wildman–Crippen MR) is 32.8 cm³/mol. The van der Waals surface area contributed by atoms with Crippen molar-refractivity contribution < 1.29 is 12.4 Å². The van der Waals surface area contributed by atoms with Crippen molar-refractivity contribution in [2.24, 2.45) is 0 Å². The Morgan fingerprint density at radius 1 is 0.875 bits per heavy atom. The first-order valence-electron chi connectivity index (χ1n) is 1.85. The van der Waals surface area contributed by atoms with Crippen LogP contribution in [0, 0.1) is 0 Å². The molecule has 0 amide bonds. The summed E-state index contributed by atoms with van der Waals surface area (Å²) in [5.74, 6) is 0. The number of halogens is 1. The average Bonchev–Trinajstić information content (AvgIpc) is 1.72. The van der Waals surface area contributed by atoms with Crippen LogP contribution in [0.3, 0.4) is 0 Å². The molecule has 8 heavy (non-hydrogen) atoms. The third-order valence-corrected chi connectivity index (χ3v) is 0.566. The van der Waals surface area contributed by atoms with E-state index in [9.17, 15) is 0 Å². The van der Waals surface area contributed by atoms with Crippen LogP contribution in [0.4, 0.5) is 0 Å². The summed E-state index contributed by atoms with van der Waals surface area (Å²) in [5.41, 5.74) is 0. The number of pyridine rings is 1. The van der Waals surface area contributed by atoms with Gasteiger partial charge >= 0.3 is 0 Å². The minimum absolute atomic E-state index is 0. The van der Waals surface area contributed by atoms with Gasteiger partial charge in [0.1, 0.15) is 17.4 Å². The minimum atomic E-state index is 0. The van der Waals surface area contributed by atoms with E-state index in [4.69, 9.17) is 0 Å². The molecular formula is C5H7AlClN-. The second kappa shape index (κ2) is 6.97. The van der Waals surface area contributed by atoms with Crippen molar-refractivity contribution >= 4 is 17.4 Å². The molecule has 0 saturated carbocycles. The summed E-state index contributed by atoms with van der Waals surface area (Å²) in [5, 5.41) is 0. The van der Waals surface area contributed by atoms with Gasteiger partial charge < -0.3 is 12.4 Å². The minimum Gasteiger partial charge on any atom is -1.00 e. The Kier molecular flexibility index (Phi) is 9.47. The van der Waals surface area contributed by atoms with Gasteiger partial charge in [0, 0.05) is 12.4 Å². The Morgan fingerprint density at radius 2 is 1.38 bits per heavy atom. The molecule has 3 heteroatoms. The van der Waals surface area contributed by atoms with Crippen LogP contribution >= 0.6 is 0 Å². The number of rotatable bonds is 0. The lowest BCUT2D eigenvalue weighted by atomic mass is 10.5. The summed E-state index contributed by atoms with van der Waals surface area (Å²) in [6, 6.07) is 5.72. The maximum Gasteiger partial charge on any atom is 0.146 e. The van der Waals surface area contributed by atoms with E-state index in [1.807, 2.05) is 18.2 Å². The fraction of sp³-hybridized carbons (Fsp3) is 0. The van der Waals surface area contributed by atoms with E-state index in [0.717, 1.165) is 0 Å². The standard InChI is InChI=1S/C5H5N.Al.ClH.2H/c1-2-4-6-5-3-1;;;;/h1-5H;;1H;;/p-1. The molecule has 0 unspecified atom stereocenters. The molecule has 1 nitrogen and oxygen atoms in total. The van der Waals surface area contributed by atoms with Gasteiger partial charge in [0.25, 0.3) is 0 Å². The largest absolute Gasteiger partial charge is 1.00 e. The summed E-state index contributed by atoms with van der Waals surface area (Å²) in [7, 11) is 0. The van der Waals surface area contributed by atoms with E-state index in [1.54, 1.807) is 12.4 Å². The zero-order chi connectivity index (χ0) is 4.24. The zero-order valence-corrected chi connectivity index (χ0v) is 7.47. The third-order valence-electron chi connectivity index (χ3n) is 0.566. The van der Waals surface area contributed by atoms with E-state index in [-0.39, 0.29) is 29.8 Å². The van der Waals surface area contributed by atoms with E-state index >= 15 is 0 Å². The van der Waals surface area contributed by atoms with Crippen molar-refractivity contribution in [1.29, 1.82) is 0 Å². The van der Waals surface area contributed by atoms with Crippen LogP contribution in [0.5, 0.6) is 0 Å². The fourth-order valence-corrected chi connectivity index (χ4v) is 0.313. The molecule has 0 aliphatic heterocycles. The monoisotopic (exact) mass is 143 g/mol. The Bertz CT molecular complexity index is 84.4. The SMILES string of the molecule is [AlH2].[Cl-].c1ccncc1. The predicted octanol–water partition coefficient (Wildman–Crippen LogP) is -2.83. The Morgan fingerprint density at radius 3 is 1.50 bits per heavy atom. The first kappa shape index (κ1) is 10.9. The van der Waals surface area contributed by atoms with Crippen molar-refractivity contribution in [3.05, 3.63) is 30.6 Å². The molecule has 1 heterocycles. The van der Waals surface area contributed by atoms with Gasteiger partial charge in [-0.1, -0.05) is 6.07 Å². The highest BCUT2D eigenvalue weighted by Gasteiger charge is 1.58. The molecule has 0 aliphatic carbocycles. The molecule has 1 radical (unpaired) electrons. The Labute approximate surface area is 65.7 Å². The van der Waals surface area contributed by atoms with E-state index < -0.39 is 0 Å². The van der Waals surface area contributed by atoms with E-state index in [0.29, 0.717) is 0 Å². The van der Waals surface area contributed by atoms with Crippen molar-refractivity contribution in [2.45, 2.75) is 0 Å². The summed E-state index contributed by atoms with van der Waals surface area (Å²) in [6.45, 7) is 0. The molecule has 0 atom stereocenters. The van der Waals surface area contributed by atoms with Gasteiger partial charge in [-0.05, 0) is 12.1 Å². The molecule has 1 aromatic rings. The highest BCUT2D eigenvalue weighted by molar-refractivity contribution is 5.75. The normalized spacial score (nSPS) is 6.00. The first-order chi connectivity index (χ1) is 3.00. The van der Waals surface area contributed by atoms with Gasteiger partial charge in [0.2, 0.25) is 0 Å². The van der Waals surface area contributed by atoms with Gasteiger partial charge in [-0.3, -0.25) is 4.98 Å². The molecule has 0 saturated heterocycles. The highest BCUT2D eigenvalue weighted by atomic mass is 35.5. The fourth-order valence-electron chi connectivity index (χ4n) is 0.313. The van der Waals surface area contributed by atoms with E-state index in [1.165, 1.54) is 0 Å². The summed E-state index contributed by atoms with van der Waals surface area (Å²) in [6.07, 6.45) is 3.50. The molecule has 0 fully saturated rings. The molecule has 0 N–H and O–H groups in total. The Balaban J connectivity index is 0. The van der Waals surface area contributed by atoms with Crippen molar-refractivity contribution in [3.63, 3.8) is 0 Å². The molecule has 0 aromatic carbocycles. The van der Waals surface area contributed by atoms with Gasteiger partial charge in [-0.2, -0.15) is 0 Å². The Hall–Kier alpha value is -0.0275. The molecule has 0 spiro atoms. The lowest BCUT2D eigenvalue weighted by molar-refractivity contribution is -0.00000145. The smallest absolute Gasteiger partial charge is 0.146 e. The maximum atomic E-state index is 3.78. The lowest BCUT2D eigenvalue weighted by Gasteiger charge is -1.70. The van der Waals surface area contributed by atoms with Gasteiger partial charge in [0.15, 0.2) is 0 Å². The summed E-state index contributed by atoms with van der Waals surface area (Å²) < 4.78 is 0. The average molecular weight is 144 g/mol. The molecule has 1 rings (SSSR count). The summed E-state index contributed by atoms with van der Waals surface area (Å²) in [4.78, 5) is 3.78. The summed E-state index contributed by atoms with van der Waals surface area (Å²) >= 11 is 0. The van der Waals surface area contributed by atoms with Crippen LogP contribution in [0.1, 0.15) is 0 Å². The van der Waals surface area contributed by atoms with Crippen LogP contribution in [0.15, 0.2) is 30.6 Å². The van der Waals surface area contributed by atoms with Crippen molar-refractivity contribution in [1.82, 2.24) is 4.98 Å². The lowest BCUT2D eigenvalue weighted by Crippen LogP contribution is -3.00. The van der Waals surface area contributed by atoms with Gasteiger partial charge in [0.05, 0.1) is 0 Å². The number of aromatic nitrogens is 1. The quantitative estimate of drug-likeness (QED) is 0.357. The molecule has 0 aliphatic rings. The van der Waals surface area contributed by atoms with Crippen LogP contribution in [0.25, 0.3) is 0 Å². The third kappa shape index (κ3) is 4.14. The highest BCUT2D eigenvalue weighted by Crippen LogP contribution is 1.73. The topological polar surface area (TPSA) is 12.9 Å². The van der Waals surface area contributed by atoms with Crippen molar-refractivity contribution in [3.8, 4) is 0 Å². The van der Waals surface area contributed by atoms with Gasteiger partial charge in [-0.15, -0.1) is 0 Å². The van der Waals surface area contributed by atoms with E-state index in [2.05, 4.69) is 4.98 Å². The maximum absolute atomic E-state index is 3.78. The number of hydrogen-bond acceptors (Lipinski definition) is 1. The van der Waals surface area contributed by atoms with Crippen LogP contribution < -0.4 is 12.4 Å². The molecular weight excluding hydrogens is 136 g/mol. The van der Waals surface area contributed by atoms with Gasteiger partial charge in [-0.25, -0.2) is 0 Å². The number of hydrogen-bond donors (Lipinski definition) is 0. The van der Waals surface area contributed by atoms with Crippen LogP contribution in [-0.2, 0) is 0 Å². The number of nitrogens with zero attached hydrogens (tertiary/aromatic N) is 1. The first-order valence-corrected chi connectivity index (χ1v) is 1.85. The zero-order valence-electron chi connectivity index (χ0n) is 4.71. The molecule has 1 aromatic heterocycles. The molecule has 0 bridgehead atoms. The second-order valence-electron chi connectivity index (χ2n) is 1.02. The van der Waals surface area contributed by atoms with Crippen LogP contribution in [0.2, 0.25) is 0 Å².